The van der Waals surface area contributed by atoms with Crippen molar-refractivity contribution < 1.29 is 9.63 Å². The minimum absolute atomic E-state index is 0.0380. The van der Waals surface area contributed by atoms with Crippen LogP contribution in [0.15, 0.2) is 41.3 Å². The van der Waals surface area contributed by atoms with E-state index >= 15 is 0 Å². The molecule has 0 bridgehead atoms. The van der Waals surface area contributed by atoms with Gasteiger partial charge in [0.1, 0.15) is 12.1 Å². The molecule has 1 aliphatic heterocycles. The highest BCUT2D eigenvalue weighted by Gasteiger charge is 2.26. The summed E-state index contributed by atoms with van der Waals surface area (Å²) in [6.07, 6.45) is 4.75. The van der Waals surface area contributed by atoms with Crippen LogP contribution in [0.2, 0.25) is 0 Å². The monoisotopic (exact) mass is 392 g/mol. The number of fused-ring (bicyclic) bond motifs is 1. The third kappa shape index (κ3) is 3.61. The number of H-pyrrole nitrogens is 1. The van der Waals surface area contributed by atoms with Gasteiger partial charge < -0.3 is 19.8 Å². The summed E-state index contributed by atoms with van der Waals surface area (Å²) < 4.78 is 5.43. The number of anilines is 2. The molecule has 10 nitrogen and oxygen atoms in total. The van der Waals surface area contributed by atoms with Gasteiger partial charge in [-0.1, -0.05) is 24.3 Å². The van der Waals surface area contributed by atoms with E-state index in [1.165, 1.54) is 6.33 Å². The van der Waals surface area contributed by atoms with E-state index in [-0.39, 0.29) is 12.6 Å². The highest BCUT2D eigenvalue weighted by molar-refractivity contribution is 5.85. The highest BCUT2D eigenvalue weighted by atomic mass is 16.5. The molecular weight excluding hydrogens is 372 g/mol. The van der Waals surface area contributed by atoms with Gasteiger partial charge in [0.2, 0.25) is 5.89 Å². The van der Waals surface area contributed by atoms with Crippen molar-refractivity contribution in [2.45, 2.75) is 25.5 Å². The van der Waals surface area contributed by atoms with Crippen LogP contribution in [0.4, 0.5) is 11.8 Å². The van der Waals surface area contributed by atoms with Crippen LogP contribution >= 0.6 is 0 Å². The van der Waals surface area contributed by atoms with E-state index < -0.39 is 0 Å². The van der Waals surface area contributed by atoms with Crippen molar-refractivity contribution in [1.29, 1.82) is 0 Å². The van der Waals surface area contributed by atoms with Crippen molar-refractivity contribution >= 4 is 22.8 Å². The number of aliphatic hydroxyl groups excluding tert-OH is 1. The van der Waals surface area contributed by atoms with Crippen LogP contribution < -0.4 is 10.2 Å². The van der Waals surface area contributed by atoms with Crippen molar-refractivity contribution in [2.75, 3.05) is 23.3 Å². The first kappa shape index (κ1) is 17.6. The molecule has 5 rings (SSSR count). The Morgan fingerprint density at radius 3 is 2.93 bits per heavy atom. The maximum absolute atomic E-state index is 9.14. The Labute approximate surface area is 166 Å². The first-order valence-corrected chi connectivity index (χ1v) is 9.45. The van der Waals surface area contributed by atoms with E-state index in [2.05, 4.69) is 40.5 Å². The molecule has 0 unspecified atom stereocenters. The van der Waals surface area contributed by atoms with E-state index in [1.54, 1.807) is 6.20 Å². The summed E-state index contributed by atoms with van der Waals surface area (Å²) in [5.74, 6) is 1.95. The van der Waals surface area contributed by atoms with Gasteiger partial charge in [-0.05, 0) is 22.7 Å². The van der Waals surface area contributed by atoms with Crippen molar-refractivity contribution in [3.05, 3.63) is 53.8 Å². The molecule has 3 aromatic heterocycles. The SMILES string of the molecule is OCc1ccc(Cc2nc(N3CC[C@H](Nc4ncnc5[nH]ncc45)C3)no2)cc1. The second-order valence-corrected chi connectivity index (χ2v) is 7.07. The molecule has 1 aromatic carbocycles. The Balaban J connectivity index is 1.23. The summed E-state index contributed by atoms with van der Waals surface area (Å²) >= 11 is 0. The van der Waals surface area contributed by atoms with Crippen LogP contribution in [0, 0.1) is 0 Å². The van der Waals surface area contributed by atoms with E-state index in [4.69, 9.17) is 9.63 Å². The first-order valence-electron chi connectivity index (χ1n) is 9.45. The summed E-state index contributed by atoms with van der Waals surface area (Å²) in [7, 11) is 0. The van der Waals surface area contributed by atoms with Crippen molar-refractivity contribution in [1.82, 2.24) is 30.3 Å². The smallest absolute Gasteiger partial charge is 0.266 e. The molecule has 10 heteroatoms. The summed E-state index contributed by atoms with van der Waals surface area (Å²) in [5, 5.41) is 24.5. The summed E-state index contributed by atoms with van der Waals surface area (Å²) in [6, 6.07) is 7.93. The van der Waals surface area contributed by atoms with Gasteiger partial charge in [0, 0.05) is 19.1 Å². The summed E-state index contributed by atoms with van der Waals surface area (Å²) in [4.78, 5) is 15.1. The topological polar surface area (TPSA) is 129 Å². The molecule has 1 saturated heterocycles. The van der Waals surface area contributed by atoms with E-state index in [0.29, 0.717) is 23.9 Å². The lowest BCUT2D eigenvalue weighted by Crippen LogP contribution is -2.27. The van der Waals surface area contributed by atoms with Crippen LogP contribution in [0.3, 0.4) is 0 Å². The molecule has 0 aliphatic carbocycles. The van der Waals surface area contributed by atoms with Gasteiger partial charge in [0.05, 0.1) is 24.6 Å². The lowest BCUT2D eigenvalue weighted by Gasteiger charge is -2.15. The Hall–Kier alpha value is -3.53. The molecule has 0 radical (unpaired) electrons. The molecule has 3 N–H and O–H groups in total. The summed E-state index contributed by atoms with van der Waals surface area (Å²) in [5.41, 5.74) is 2.66. The van der Waals surface area contributed by atoms with E-state index in [0.717, 1.165) is 41.8 Å². The van der Waals surface area contributed by atoms with Gasteiger partial charge in [-0.25, -0.2) is 9.97 Å². The number of benzene rings is 1. The zero-order valence-corrected chi connectivity index (χ0v) is 15.6. The number of aromatic amines is 1. The molecule has 4 aromatic rings. The molecule has 1 aliphatic rings. The zero-order valence-electron chi connectivity index (χ0n) is 15.6. The Bertz CT molecular complexity index is 1110. The van der Waals surface area contributed by atoms with E-state index in [9.17, 15) is 0 Å². The molecule has 4 heterocycles. The van der Waals surface area contributed by atoms with Gasteiger partial charge in [-0.3, -0.25) is 5.10 Å². The number of nitrogens with one attached hydrogen (secondary N) is 2. The fourth-order valence-electron chi connectivity index (χ4n) is 3.52. The molecule has 0 spiro atoms. The van der Waals surface area contributed by atoms with Crippen LogP contribution in [-0.4, -0.2) is 54.5 Å². The predicted octanol–water partition coefficient (Wildman–Crippen LogP) is 1.51. The molecule has 0 amide bonds. The second-order valence-electron chi connectivity index (χ2n) is 7.07. The average molecular weight is 392 g/mol. The summed E-state index contributed by atoms with van der Waals surface area (Å²) in [6.45, 7) is 1.63. The molecule has 1 atom stereocenters. The quantitative estimate of drug-likeness (QED) is 0.447. The van der Waals surface area contributed by atoms with Crippen LogP contribution in [0.25, 0.3) is 11.0 Å². The zero-order chi connectivity index (χ0) is 19.6. The molecule has 1 fully saturated rings. The molecule has 29 heavy (non-hydrogen) atoms. The Morgan fingerprint density at radius 1 is 1.21 bits per heavy atom. The third-order valence-electron chi connectivity index (χ3n) is 5.08. The van der Waals surface area contributed by atoms with Gasteiger partial charge in [0.15, 0.2) is 5.65 Å². The molecule has 148 valence electrons. The van der Waals surface area contributed by atoms with Crippen LogP contribution in [0.1, 0.15) is 23.4 Å². The number of nitrogens with zero attached hydrogens (tertiary/aromatic N) is 6. The number of aliphatic hydroxyl groups is 1. The molecule has 0 saturated carbocycles. The first-order chi connectivity index (χ1) is 14.3. The maximum atomic E-state index is 9.14. The van der Waals surface area contributed by atoms with Crippen molar-refractivity contribution in [3.63, 3.8) is 0 Å². The van der Waals surface area contributed by atoms with E-state index in [1.807, 2.05) is 24.3 Å². The minimum atomic E-state index is 0.0380. The lowest BCUT2D eigenvalue weighted by molar-refractivity contribution is 0.282. The average Bonchev–Trinajstić information content (AvgIpc) is 3.49. The van der Waals surface area contributed by atoms with Gasteiger partial charge in [-0.15, -0.1) is 0 Å². The standard InChI is InChI=1S/C19H20N8O2/c28-10-13-3-1-12(2-4-13)7-16-24-19(26-29-16)27-6-5-14(9-27)23-17-15-8-22-25-18(15)21-11-20-17/h1-4,8,11,14,28H,5-7,9-10H2,(H2,20,21,22,23,25)/t14-/m0/s1. The van der Waals surface area contributed by atoms with Crippen molar-refractivity contribution in [2.24, 2.45) is 0 Å². The van der Waals surface area contributed by atoms with Crippen LogP contribution in [-0.2, 0) is 13.0 Å². The third-order valence-corrected chi connectivity index (χ3v) is 5.08. The Kier molecular flexibility index (Phi) is 4.53. The minimum Gasteiger partial charge on any atom is -0.392 e. The lowest BCUT2D eigenvalue weighted by atomic mass is 10.1. The van der Waals surface area contributed by atoms with Gasteiger partial charge in [0.25, 0.3) is 5.95 Å². The number of aromatic nitrogens is 6. The predicted molar refractivity (Wildman–Crippen MR) is 105 cm³/mol. The molecular formula is C19H20N8O2. The second kappa shape index (κ2) is 7.47. The normalized spacial score (nSPS) is 16.6. The fraction of sp³-hybridized carbons (Fsp3) is 0.316. The number of hydrogen-bond donors (Lipinski definition) is 3. The number of hydrogen-bond acceptors (Lipinski definition) is 9. The number of rotatable bonds is 6. The van der Waals surface area contributed by atoms with Gasteiger partial charge in [-0.2, -0.15) is 10.1 Å². The maximum Gasteiger partial charge on any atom is 0.266 e. The van der Waals surface area contributed by atoms with Crippen molar-refractivity contribution in [3.8, 4) is 0 Å². The van der Waals surface area contributed by atoms with Gasteiger partial charge >= 0.3 is 0 Å². The Morgan fingerprint density at radius 2 is 2.07 bits per heavy atom. The largest absolute Gasteiger partial charge is 0.392 e. The fourth-order valence-corrected chi connectivity index (χ4v) is 3.52. The highest BCUT2D eigenvalue weighted by Crippen LogP contribution is 2.23. The van der Waals surface area contributed by atoms with Crippen LogP contribution in [0.5, 0.6) is 0 Å².